The van der Waals surface area contributed by atoms with Gasteiger partial charge in [0.25, 0.3) is 0 Å². The van der Waals surface area contributed by atoms with Crippen molar-refractivity contribution in [3.63, 3.8) is 0 Å². The van der Waals surface area contributed by atoms with Crippen LogP contribution in [0, 0.1) is 0 Å². The van der Waals surface area contributed by atoms with Crippen LogP contribution >= 0.6 is 7.92 Å². The fraction of sp³-hybridized carbons (Fsp3) is 0.214. The third-order valence-corrected chi connectivity index (χ3v) is 4.21. The number of esters is 1. The minimum absolute atomic E-state index is 0. The standard InChI is InChI=1S/C14H17O2P.B/c1-3-10-17(11-4-2)12-16-14(15)13-8-6-5-7-9-13;/h3-9H,1-2,10-12H2;. The maximum Gasteiger partial charge on any atom is 0.338 e. The van der Waals surface area contributed by atoms with Gasteiger partial charge in [-0.25, -0.2) is 4.79 Å². The highest BCUT2D eigenvalue weighted by Gasteiger charge is 2.10. The predicted molar refractivity (Wildman–Crippen MR) is 79.5 cm³/mol. The average Bonchev–Trinajstić information content (AvgIpc) is 2.37. The molecule has 0 saturated heterocycles. The first-order valence-corrected chi connectivity index (χ1v) is 7.34. The molecule has 0 atom stereocenters. The third kappa shape index (κ3) is 5.83. The lowest BCUT2D eigenvalue weighted by Gasteiger charge is -2.13. The van der Waals surface area contributed by atoms with E-state index in [0.29, 0.717) is 11.9 Å². The summed E-state index contributed by atoms with van der Waals surface area (Å²) in [4.78, 5) is 11.7. The molecule has 0 aliphatic heterocycles. The van der Waals surface area contributed by atoms with Crippen molar-refractivity contribution in [2.45, 2.75) is 0 Å². The molecule has 1 rings (SSSR count). The Hall–Kier alpha value is -1.34. The van der Waals surface area contributed by atoms with Gasteiger partial charge in [-0.05, 0) is 24.5 Å². The van der Waals surface area contributed by atoms with Crippen LogP contribution in [0.15, 0.2) is 55.6 Å². The number of hydrogen-bond donors (Lipinski definition) is 0. The number of rotatable bonds is 7. The number of ether oxygens (including phenoxy) is 1. The van der Waals surface area contributed by atoms with E-state index >= 15 is 0 Å². The number of hydrogen-bond acceptors (Lipinski definition) is 2. The molecule has 0 N–H and O–H groups in total. The third-order valence-electron chi connectivity index (χ3n) is 2.16. The molecule has 0 spiro atoms. The zero-order valence-corrected chi connectivity index (χ0v) is 11.3. The van der Waals surface area contributed by atoms with Gasteiger partial charge in [-0.1, -0.05) is 38.3 Å². The molecule has 0 aromatic heterocycles. The molecule has 0 unspecified atom stereocenters. The monoisotopic (exact) mass is 259 g/mol. The van der Waals surface area contributed by atoms with Crippen LogP contribution < -0.4 is 0 Å². The Labute approximate surface area is 112 Å². The zero-order valence-electron chi connectivity index (χ0n) is 10.4. The molecule has 0 fully saturated rings. The first kappa shape index (κ1) is 16.7. The Morgan fingerprint density at radius 3 is 2.22 bits per heavy atom. The van der Waals surface area contributed by atoms with Crippen LogP contribution in [0.25, 0.3) is 0 Å². The van der Waals surface area contributed by atoms with Crippen LogP contribution in [-0.4, -0.2) is 33.1 Å². The number of benzene rings is 1. The summed E-state index contributed by atoms with van der Waals surface area (Å²) in [6.07, 6.45) is 5.99. The van der Waals surface area contributed by atoms with E-state index in [4.69, 9.17) is 4.74 Å². The molecule has 0 aliphatic rings. The van der Waals surface area contributed by atoms with Crippen LogP contribution in [0.2, 0.25) is 0 Å². The lowest BCUT2D eigenvalue weighted by molar-refractivity contribution is 0.0575. The molecule has 1 aromatic carbocycles. The van der Waals surface area contributed by atoms with E-state index in [9.17, 15) is 4.79 Å². The predicted octanol–water partition coefficient (Wildman–Crippen LogP) is 3.27. The van der Waals surface area contributed by atoms with Gasteiger partial charge < -0.3 is 4.74 Å². The van der Waals surface area contributed by atoms with Crippen molar-refractivity contribution in [1.29, 1.82) is 0 Å². The Bertz CT molecular complexity index is 369. The van der Waals surface area contributed by atoms with Crippen molar-refractivity contribution in [3.8, 4) is 0 Å². The molecule has 2 nitrogen and oxygen atoms in total. The van der Waals surface area contributed by atoms with Gasteiger partial charge in [-0.2, -0.15) is 0 Å². The second-order valence-corrected chi connectivity index (χ2v) is 5.87. The molecular formula is C14H17BO2P. The highest BCUT2D eigenvalue weighted by Crippen LogP contribution is 2.35. The molecule has 3 radical (unpaired) electrons. The van der Waals surface area contributed by atoms with Crippen molar-refractivity contribution in [1.82, 2.24) is 0 Å². The summed E-state index contributed by atoms with van der Waals surface area (Å²) in [5.74, 6) is -0.258. The summed E-state index contributed by atoms with van der Waals surface area (Å²) in [6.45, 7) is 7.42. The van der Waals surface area contributed by atoms with Crippen LogP contribution in [0.5, 0.6) is 0 Å². The fourth-order valence-corrected chi connectivity index (χ4v) is 2.74. The van der Waals surface area contributed by atoms with E-state index in [1.807, 2.05) is 30.4 Å². The summed E-state index contributed by atoms with van der Waals surface area (Å²) in [5.41, 5.74) is 0.597. The number of allylic oxidation sites excluding steroid dienone is 2. The molecule has 0 bridgehead atoms. The Kier molecular flexibility index (Phi) is 8.95. The molecule has 0 heterocycles. The van der Waals surface area contributed by atoms with Crippen molar-refractivity contribution in [2.24, 2.45) is 0 Å². The minimum Gasteiger partial charge on any atom is -0.458 e. The summed E-state index contributed by atoms with van der Waals surface area (Å²) in [7, 11) is -0.363. The van der Waals surface area contributed by atoms with Gasteiger partial charge in [0, 0.05) is 8.41 Å². The first-order chi connectivity index (χ1) is 8.27. The quantitative estimate of drug-likeness (QED) is 0.325. The van der Waals surface area contributed by atoms with Crippen LogP contribution in [0.4, 0.5) is 0 Å². The van der Waals surface area contributed by atoms with Crippen molar-refractivity contribution in [3.05, 3.63) is 61.2 Å². The fourth-order valence-electron chi connectivity index (χ4n) is 1.35. The summed E-state index contributed by atoms with van der Waals surface area (Å²) >= 11 is 0. The highest BCUT2D eigenvalue weighted by molar-refractivity contribution is 7.57. The highest BCUT2D eigenvalue weighted by atomic mass is 31.1. The molecule has 0 amide bonds. The molecule has 1 aromatic rings. The summed E-state index contributed by atoms with van der Waals surface area (Å²) in [5, 5.41) is 0. The molecule has 0 saturated carbocycles. The second kappa shape index (κ2) is 9.67. The van der Waals surface area contributed by atoms with Gasteiger partial charge in [0.15, 0.2) is 0 Å². The van der Waals surface area contributed by atoms with Gasteiger partial charge in [-0.15, -0.1) is 13.2 Å². The maximum atomic E-state index is 11.7. The molecule has 93 valence electrons. The van der Waals surface area contributed by atoms with Crippen LogP contribution in [-0.2, 0) is 4.74 Å². The Balaban J connectivity index is 0.00000289. The van der Waals surface area contributed by atoms with E-state index in [2.05, 4.69) is 13.2 Å². The molecular weight excluding hydrogens is 242 g/mol. The molecule has 4 heteroatoms. The van der Waals surface area contributed by atoms with E-state index < -0.39 is 0 Å². The summed E-state index contributed by atoms with van der Waals surface area (Å²) < 4.78 is 5.29. The Morgan fingerprint density at radius 2 is 1.72 bits per heavy atom. The first-order valence-electron chi connectivity index (χ1n) is 5.44. The van der Waals surface area contributed by atoms with Crippen LogP contribution in [0.3, 0.4) is 0 Å². The topological polar surface area (TPSA) is 26.3 Å². The minimum atomic E-state index is -0.363. The van der Waals surface area contributed by atoms with Gasteiger partial charge in [-0.3, -0.25) is 0 Å². The lowest BCUT2D eigenvalue weighted by Crippen LogP contribution is -2.06. The van der Waals surface area contributed by atoms with Crippen molar-refractivity contribution < 1.29 is 9.53 Å². The smallest absolute Gasteiger partial charge is 0.338 e. The van der Waals surface area contributed by atoms with Crippen molar-refractivity contribution in [2.75, 3.05) is 18.7 Å². The average molecular weight is 259 g/mol. The van der Waals surface area contributed by atoms with Crippen LogP contribution in [0.1, 0.15) is 10.4 Å². The zero-order chi connectivity index (χ0) is 12.5. The van der Waals surface area contributed by atoms with Gasteiger partial charge in [0.1, 0.15) is 6.35 Å². The normalized spacial score (nSPS) is 9.39. The van der Waals surface area contributed by atoms with Gasteiger partial charge in [0.2, 0.25) is 0 Å². The molecule has 0 aliphatic carbocycles. The van der Waals surface area contributed by atoms with Gasteiger partial charge in [0.05, 0.1) is 5.56 Å². The van der Waals surface area contributed by atoms with E-state index in [0.717, 1.165) is 12.3 Å². The second-order valence-electron chi connectivity index (χ2n) is 3.54. The number of carbonyl (C=O) groups is 1. The van der Waals surface area contributed by atoms with E-state index in [-0.39, 0.29) is 22.3 Å². The Morgan fingerprint density at radius 1 is 1.17 bits per heavy atom. The molecule has 18 heavy (non-hydrogen) atoms. The van der Waals surface area contributed by atoms with E-state index in [1.165, 1.54) is 0 Å². The van der Waals surface area contributed by atoms with Gasteiger partial charge >= 0.3 is 5.97 Å². The SMILES string of the molecule is C=CCP(CC=C)COC(=O)c1ccccc1.[B]. The largest absolute Gasteiger partial charge is 0.458 e. The summed E-state index contributed by atoms with van der Waals surface area (Å²) in [6, 6.07) is 9.04. The lowest BCUT2D eigenvalue weighted by atomic mass is 10.2. The maximum absolute atomic E-state index is 11.7. The van der Waals surface area contributed by atoms with E-state index in [1.54, 1.807) is 12.1 Å². The van der Waals surface area contributed by atoms with Crippen molar-refractivity contribution >= 4 is 22.3 Å². The number of carbonyl (C=O) groups excluding carboxylic acids is 1.